The number of hydrogen-bond acceptors (Lipinski definition) is 1. The fourth-order valence-electron chi connectivity index (χ4n) is 2.08. The second-order valence-electron chi connectivity index (χ2n) is 3.96. The first kappa shape index (κ1) is 9.66. The molecule has 1 aromatic carbocycles. The van der Waals surface area contributed by atoms with Gasteiger partial charge in [-0.15, -0.1) is 0 Å². The molecule has 14 heavy (non-hydrogen) atoms. The Morgan fingerprint density at radius 1 is 1.29 bits per heavy atom. The Balaban J connectivity index is 2.04. The Labute approximate surface area is 84.3 Å². The van der Waals surface area contributed by atoms with Crippen LogP contribution in [0.1, 0.15) is 24.4 Å². The largest absolute Gasteiger partial charge is 0.310 e. The van der Waals surface area contributed by atoms with E-state index in [1.165, 1.54) is 5.56 Å². The number of nitrogens with one attached hydrogen (secondary N) is 1. The molecule has 2 heteroatoms. The maximum atomic E-state index is 12.5. The summed E-state index contributed by atoms with van der Waals surface area (Å²) in [5, 5.41) is 3.43. The second-order valence-corrected chi connectivity index (χ2v) is 3.96. The Kier molecular flexibility index (Phi) is 3.14. The van der Waals surface area contributed by atoms with Crippen LogP contribution in [0.4, 0.5) is 4.39 Å². The summed E-state index contributed by atoms with van der Waals surface area (Å²) in [6, 6.07) is 10.7. The Hall–Kier alpha value is -0.890. The van der Waals surface area contributed by atoms with Crippen molar-refractivity contribution in [2.75, 3.05) is 13.2 Å². The molecule has 0 spiro atoms. The van der Waals surface area contributed by atoms with Crippen LogP contribution in [0.15, 0.2) is 30.3 Å². The summed E-state index contributed by atoms with van der Waals surface area (Å²) >= 11 is 0. The molecule has 1 aromatic rings. The van der Waals surface area contributed by atoms with Gasteiger partial charge in [-0.2, -0.15) is 0 Å². The quantitative estimate of drug-likeness (QED) is 0.761. The predicted octanol–water partition coefficient (Wildman–Crippen LogP) is 2.70. The SMILES string of the molecule is FC[C@H]1CCN[C@@H](c2ccccc2)C1. The van der Waals surface area contributed by atoms with E-state index in [9.17, 15) is 4.39 Å². The summed E-state index contributed by atoms with van der Waals surface area (Å²) in [7, 11) is 0. The van der Waals surface area contributed by atoms with E-state index in [-0.39, 0.29) is 12.6 Å². The van der Waals surface area contributed by atoms with Crippen LogP contribution in [-0.4, -0.2) is 13.2 Å². The Morgan fingerprint density at radius 3 is 2.79 bits per heavy atom. The van der Waals surface area contributed by atoms with E-state index in [1.54, 1.807) is 0 Å². The number of rotatable bonds is 2. The van der Waals surface area contributed by atoms with E-state index in [0.29, 0.717) is 6.04 Å². The summed E-state index contributed by atoms with van der Waals surface area (Å²) in [4.78, 5) is 0. The van der Waals surface area contributed by atoms with Crippen molar-refractivity contribution in [3.05, 3.63) is 35.9 Å². The first-order valence-corrected chi connectivity index (χ1v) is 5.24. The van der Waals surface area contributed by atoms with Crippen molar-refractivity contribution in [3.63, 3.8) is 0 Å². The predicted molar refractivity (Wildman–Crippen MR) is 55.9 cm³/mol. The fraction of sp³-hybridized carbons (Fsp3) is 0.500. The van der Waals surface area contributed by atoms with Crippen LogP contribution in [0.2, 0.25) is 0 Å². The molecule has 1 heterocycles. The molecule has 1 fully saturated rings. The van der Waals surface area contributed by atoms with Crippen LogP contribution in [0, 0.1) is 5.92 Å². The van der Waals surface area contributed by atoms with Gasteiger partial charge in [0, 0.05) is 6.04 Å². The molecule has 1 saturated heterocycles. The van der Waals surface area contributed by atoms with Crippen molar-refractivity contribution < 1.29 is 4.39 Å². The zero-order chi connectivity index (χ0) is 9.80. The van der Waals surface area contributed by atoms with E-state index in [0.717, 1.165) is 19.4 Å². The third-order valence-corrected chi connectivity index (χ3v) is 2.93. The van der Waals surface area contributed by atoms with Crippen molar-refractivity contribution in [2.45, 2.75) is 18.9 Å². The number of hydrogen-bond donors (Lipinski definition) is 1. The average Bonchev–Trinajstić information content (AvgIpc) is 2.30. The van der Waals surface area contributed by atoms with Gasteiger partial charge in [-0.1, -0.05) is 30.3 Å². The molecule has 2 atom stereocenters. The molecule has 1 nitrogen and oxygen atoms in total. The lowest BCUT2D eigenvalue weighted by Gasteiger charge is -2.29. The zero-order valence-corrected chi connectivity index (χ0v) is 8.25. The summed E-state index contributed by atoms with van der Waals surface area (Å²) in [5.41, 5.74) is 1.28. The number of benzene rings is 1. The maximum Gasteiger partial charge on any atom is 0.0923 e. The van der Waals surface area contributed by atoms with Gasteiger partial charge in [0.2, 0.25) is 0 Å². The molecule has 2 rings (SSSR count). The van der Waals surface area contributed by atoms with Crippen molar-refractivity contribution in [1.29, 1.82) is 0 Å². The smallest absolute Gasteiger partial charge is 0.0923 e. The molecule has 0 aromatic heterocycles. The van der Waals surface area contributed by atoms with E-state index in [4.69, 9.17) is 0 Å². The normalized spacial score (nSPS) is 27.5. The van der Waals surface area contributed by atoms with Crippen molar-refractivity contribution >= 4 is 0 Å². The monoisotopic (exact) mass is 193 g/mol. The van der Waals surface area contributed by atoms with Gasteiger partial charge in [-0.05, 0) is 30.9 Å². The summed E-state index contributed by atoms with van der Waals surface area (Å²) < 4.78 is 12.5. The second kappa shape index (κ2) is 4.56. The summed E-state index contributed by atoms with van der Waals surface area (Å²) in [6.07, 6.45) is 1.90. The lowest BCUT2D eigenvalue weighted by molar-refractivity contribution is 0.250. The van der Waals surface area contributed by atoms with Crippen LogP contribution in [0.3, 0.4) is 0 Å². The third-order valence-electron chi connectivity index (χ3n) is 2.93. The molecule has 76 valence electrons. The van der Waals surface area contributed by atoms with E-state index in [1.807, 2.05) is 18.2 Å². The molecular weight excluding hydrogens is 177 g/mol. The van der Waals surface area contributed by atoms with Gasteiger partial charge in [-0.3, -0.25) is 4.39 Å². The molecule has 1 aliphatic rings. The minimum Gasteiger partial charge on any atom is -0.310 e. The molecule has 0 saturated carbocycles. The van der Waals surface area contributed by atoms with Crippen molar-refractivity contribution in [2.24, 2.45) is 5.92 Å². The van der Waals surface area contributed by atoms with Crippen LogP contribution >= 0.6 is 0 Å². The third kappa shape index (κ3) is 2.13. The first-order valence-electron chi connectivity index (χ1n) is 5.24. The molecule has 1 aliphatic heterocycles. The Morgan fingerprint density at radius 2 is 2.07 bits per heavy atom. The first-order chi connectivity index (χ1) is 6.90. The van der Waals surface area contributed by atoms with E-state index in [2.05, 4.69) is 17.4 Å². The number of alkyl halides is 1. The molecule has 0 amide bonds. The van der Waals surface area contributed by atoms with Gasteiger partial charge >= 0.3 is 0 Å². The molecule has 1 N–H and O–H groups in total. The van der Waals surface area contributed by atoms with Gasteiger partial charge < -0.3 is 5.32 Å². The van der Waals surface area contributed by atoms with Gasteiger partial charge in [-0.25, -0.2) is 0 Å². The molecule has 0 unspecified atom stereocenters. The fourth-order valence-corrected chi connectivity index (χ4v) is 2.08. The highest BCUT2D eigenvalue weighted by Crippen LogP contribution is 2.27. The average molecular weight is 193 g/mol. The zero-order valence-electron chi connectivity index (χ0n) is 8.25. The number of piperidine rings is 1. The maximum absolute atomic E-state index is 12.5. The van der Waals surface area contributed by atoms with E-state index < -0.39 is 0 Å². The minimum atomic E-state index is -0.176. The summed E-state index contributed by atoms with van der Waals surface area (Å²) in [6.45, 7) is 0.763. The number of halogens is 1. The summed E-state index contributed by atoms with van der Waals surface area (Å²) in [5.74, 6) is 0.251. The van der Waals surface area contributed by atoms with Gasteiger partial charge in [0.15, 0.2) is 0 Å². The lowest BCUT2D eigenvalue weighted by atomic mass is 9.90. The van der Waals surface area contributed by atoms with Gasteiger partial charge in [0.1, 0.15) is 0 Å². The van der Waals surface area contributed by atoms with E-state index >= 15 is 0 Å². The molecular formula is C12H16FN. The highest BCUT2D eigenvalue weighted by Gasteiger charge is 2.21. The molecule has 0 aliphatic carbocycles. The topological polar surface area (TPSA) is 12.0 Å². The lowest BCUT2D eigenvalue weighted by Crippen LogP contribution is -2.32. The highest BCUT2D eigenvalue weighted by atomic mass is 19.1. The minimum absolute atomic E-state index is 0.176. The van der Waals surface area contributed by atoms with Crippen molar-refractivity contribution in [3.8, 4) is 0 Å². The van der Waals surface area contributed by atoms with Crippen molar-refractivity contribution in [1.82, 2.24) is 5.32 Å². The van der Waals surface area contributed by atoms with Crippen LogP contribution in [-0.2, 0) is 0 Å². The molecule has 0 bridgehead atoms. The standard InChI is InChI=1S/C12H16FN/c13-9-10-6-7-14-12(8-10)11-4-2-1-3-5-11/h1-5,10,12,14H,6-9H2/t10-,12+/m0/s1. The molecule has 0 radical (unpaired) electrons. The highest BCUT2D eigenvalue weighted by molar-refractivity contribution is 5.19. The van der Waals surface area contributed by atoms with Gasteiger partial charge in [0.25, 0.3) is 0 Å². The van der Waals surface area contributed by atoms with Gasteiger partial charge in [0.05, 0.1) is 6.67 Å². The van der Waals surface area contributed by atoms with Crippen LogP contribution in [0.5, 0.6) is 0 Å². The Bertz CT molecular complexity index is 273. The van der Waals surface area contributed by atoms with Crippen LogP contribution in [0.25, 0.3) is 0 Å². The van der Waals surface area contributed by atoms with Crippen LogP contribution < -0.4 is 5.32 Å².